The van der Waals surface area contributed by atoms with Crippen molar-refractivity contribution in [3.8, 4) is 0 Å². The van der Waals surface area contributed by atoms with Crippen molar-refractivity contribution in [2.75, 3.05) is 52.6 Å². The van der Waals surface area contributed by atoms with Gasteiger partial charge < -0.3 is 9.47 Å². The largest absolute Gasteiger partial charge is 0.379 e. The van der Waals surface area contributed by atoms with Gasteiger partial charge in [0, 0.05) is 36.9 Å². The Labute approximate surface area is 151 Å². The number of ether oxygens (including phenoxy) is 2. The van der Waals surface area contributed by atoms with E-state index in [2.05, 4.69) is 21.2 Å². The van der Waals surface area contributed by atoms with Crippen molar-refractivity contribution in [2.45, 2.75) is 6.54 Å². The lowest BCUT2D eigenvalue weighted by Crippen LogP contribution is -2.58. The Morgan fingerprint density at radius 2 is 1.56 bits per heavy atom. The van der Waals surface area contributed by atoms with Gasteiger partial charge in [0.25, 0.3) is 0 Å². The van der Waals surface area contributed by atoms with Crippen LogP contribution < -0.4 is 4.74 Å². The highest BCUT2D eigenvalue weighted by atomic mass is 32.1. The topological polar surface area (TPSA) is 45.2 Å². The van der Waals surface area contributed by atoms with Crippen molar-refractivity contribution < 1.29 is 9.47 Å². The fraction of sp³-hybridized carbons (Fsp3) is 0.500. The summed E-state index contributed by atoms with van der Waals surface area (Å²) in [5.74, 6) is 0. The maximum Gasteiger partial charge on any atom is 0.233 e. The third-order valence-electron chi connectivity index (χ3n) is 4.68. The monoisotopic (exact) mass is 361 g/mol. The molecule has 0 aliphatic carbocycles. The molecular weight excluding hydrogens is 338 g/mol. The van der Waals surface area contributed by atoms with Crippen LogP contribution in [0, 0.1) is 0 Å². The fourth-order valence-electron chi connectivity index (χ4n) is 3.41. The predicted octanol–water partition coefficient (Wildman–Crippen LogP) is 1.56. The predicted molar refractivity (Wildman–Crippen MR) is 98.4 cm³/mol. The lowest BCUT2D eigenvalue weighted by Gasteiger charge is -2.45. The van der Waals surface area contributed by atoms with E-state index < -0.39 is 0 Å². The number of hydrogen-bond donors (Lipinski definition) is 0. The molecular formula is C18H23N3O3S. The van der Waals surface area contributed by atoms with Gasteiger partial charge in [-0.3, -0.25) is 4.79 Å². The van der Waals surface area contributed by atoms with E-state index in [1.807, 2.05) is 18.2 Å². The lowest BCUT2D eigenvalue weighted by atomic mass is 10.1. The molecule has 0 N–H and O–H groups in total. The number of nitrogens with zero attached hydrogens (tertiary/aromatic N) is 3. The van der Waals surface area contributed by atoms with E-state index in [9.17, 15) is 4.79 Å². The zero-order valence-electron chi connectivity index (χ0n) is 14.2. The second-order valence-corrected chi connectivity index (χ2v) is 7.30. The van der Waals surface area contributed by atoms with Crippen molar-refractivity contribution in [3.05, 3.63) is 45.4 Å². The Balaban J connectivity index is 1.66. The summed E-state index contributed by atoms with van der Waals surface area (Å²) >= 11 is 1.31. The van der Waals surface area contributed by atoms with Gasteiger partial charge in [-0.15, -0.1) is 0 Å². The van der Waals surface area contributed by atoms with Gasteiger partial charge in [-0.25, -0.2) is 10.0 Å². The fourth-order valence-corrected chi connectivity index (χ4v) is 4.28. The summed E-state index contributed by atoms with van der Waals surface area (Å²) in [4.78, 5) is 12.2. The molecule has 1 aromatic heterocycles. The van der Waals surface area contributed by atoms with E-state index in [0.717, 1.165) is 62.9 Å². The van der Waals surface area contributed by atoms with Crippen molar-refractivity contribution >= 4 is 21.4 Å². The van der Waals surface area contributed by atoms with E-state index in [4.69, 9.17) is 9.47 Å². The Morgan fingerprint density at radius 1 is 0.960 bits per heavy atom. The molecule has 4 rings (SSSR count). The Bertz CT molecular complexity index is 751. The molecule has 0 bridgehead atoms. The summed E-state index contributed by atoms with van der Waals surface area (Å²) in [5.41, 5.74) is 1.08. The number of benzene rings is 1. The van der Waals surface area contributed by atoms with E-state index in [-0.39, 0.29) is 4.74 Å². The lowest BCUT2D eigenvalue weighted by molar-refractivity contribution is -0.232. The normalized spacial score (nSPS) is 20.4. The van der Waals surface area contributed by atoms with Crippen LogP contribution in [0.2, 0.25) is 0 Å². The van der Waals surface area contributed by atoms with Crippen LogP contribution in [0.1, 0.15) is 5.56 Å². The van der Waals surface area contributed by atoms with Crippen LogP contribution in [-0.4, -0.2) is 67.7 Å². The van der Waals surface area contributed by atoms with Gasteiger partial charge in [-0.05, 0) is 17.0 Å². The van der Waals surface area contributed by atoms with E-state index >= 15 is 0 Å². The van der Waals surface area contributed by atoms with Crippen LogP contribution in [0.15, 0.2) is 35.1 Å². The zero-order valence-corrected chi connectivity index (χ0v) is 15.0. The quantitative estimate of drug-likeness (QED) is 0.824. The van der Waals surface area contributed by atoms with Gasteiger partial charge >= 0.3 is 0 Å². The van der Waals surface area contributed by atoms with Crippen molar-refractivity contribution in [2.24, 2.45) is 0 Å². The molecule has 134 valence electrons. The summed E-state index contributed by atoms with van der Waals surface area (Å²) in [6.07, 6.45) is 0. The summed E-state index contributed by atoms with van der Waals surface area (Å²) < 4.78 is 12.2. The van der Waals surface area contributed by atoms with Crippen molar-refractivity contribution in [1.82, 2.24) is 15.1 Å². The van der Waals surface area contributed by atoms with Crippen LogP contribution in [0.5, 0.6) is 0 Å². The molecule has 0 radical (unpaired) electrons. The second-order valence-electron chi connectivity index (χ2n) is 6.25. The van der Waals surface area contributed by atoms with Crippen molar-refractivity contribution in [1.29, 1.82) is 0 Å². The number of morpholine rings is 2. The summed E-state index contributed by atoms with van der Waals surface area (Å²) in [6, 6.07) is 9.96. The molecule has 2 aliphatic heterocycles. The minimum Gasteiger partial charge on any atom is -0.379 e. The molecule has 7 heteroatoms. The number of hydrogen-bond acceptors (Lipinski definition) is 7. The van der Waals surface area contributed by atoms with Gasteiger partial charge in [0.1, 0.15) is 0 Å². The molecule has 0 saturated carbocycles. The number of hydrazine groups is 2. The average molecular weight is 361 g/mol. The molecule has 0 spiro atoms. The minimum absolute atomic E-state index is 0.109. The molecule has 2 fully saturated rings. The van der Waals surface area contributed by atoms with Gasteiger partial charge in [-0.2, -0.15) is 5.12 Å². The Hall–Kier alpha value is -1.35. The van der Waals surface area contributed by atoms with Crippen LogP contribution in [0.3, 0.4) is 0 Å². The highest BCUT2D eigenvalue weighted by molar-refractivity contribution is 7.16. The zero-order chi connectivity index (χ0) is 17.1. The first kappa shape index (κ1) is 17.1. The molecule has 1 aromatic carbocycles. The molecule has 25 heavy (non-hydrogen) atoms. The third kappa shape index (κ3) is 3.92. The molecule has 2 aromatic rings. The number of fused-ring (bicyclic) bond motifs is 1. The molecule has 2 saturated heterocycles. The Morgan fingerprint density at radius 3 is 2.20 bits per heavy atom. The van der Waals surface area contributed by atoms with E-state index in [0.29, 0.717) is 6.54 Å². The van der Waals surface area contributed by atoms with Crippen LogP contribution in [-0.2, 0) is 16.0 Å². The van der Waals surface area contributed by atoms with Gasteiger partial charge in [0.2, 0.25) is 4.74 Å². The van der Waals surface area contributed by atoms with E-state index in [1.54, 1.807) is 6.07 Å². The smallest absolute Gasteiger partial charge is 0.233 e. The van der Waals surface area contributed by atoms with Crippen LogP contribution in [0.4, 0.5) is 0 Å². The highest BCUT2D eigenvalue weighted by Crippen LogP contribution is 2.23. The molecule has 3 heterocycles. The molecule has 0 amide bonds. The van der Waals surface area contributed by atoms with E-state index in [1.165, 1.54) is 16.7 Å². The first-order valence-electron chi connectivity index (χ1n) is 8.76. The number of rotatable bonds is 4. The Kier molecular flexibility index (Phi) is 5.40. The van der Waals surface area contributed by atoms with Gasteiger partial charge in [0.15, 0.2) is 0 Å². The summed E-state index contributed by atoms with van der Waals surface area (Å²) in [7, 11) is 0. The molecule has 0 atom stereocenters. The van der Waals surface area contributed by atoms with Gasteiger partial charge in [-0.1, -0.05) is 29.5 Å². The standard InChI is InChI=1S/C18H23N3O3S/c22-18-13-15(16-3-1-2-4-17(16)25-18)14-21(19-5-9-23-10-6-19)20-7-11-24-12-8-20/h1-4,13H,5-12,14H2. The average Bonchev–Trinajstić information content (AvgIpc) is 2.67. The highest BCUT2D eigenvalue weighted by Gasteiger charge is 2.26. The first-order chi connectivity index (χ1) is 12.3. The minimum atomic E-state index is 0.109. The third-order valence-corrected chi connectivity index (χ3v) is 5.57. The first-order valence-corrected chi connectivity index (χ1v) is 9.57. The molecule has 6 nitrogen and oxygen atoms in total. The van der Waals surface area contributed by atoms with Gasteiger partial charge in [0.05, 0.1) is 33.0 Å². The molecule has 0 unspecified atom stereocenters. The van der Waals surface area contributed by atoms with Crippen LogP contribution >= 0.6 is 11.3 Å². The van der Waals surface area contributed by atoms with Crippen molar-refractivity contribution in [3.63, 3.8) is 0 Å². The second kappa shape index (κ2) is 7.90. The maximum absolute atomic E-state index is 12.2. The van der Waals surface area contributed by atoms with Crippen LogP contribution in [0.25, 0.3) is 10.1 Å². The SMILES string of the molecule is O=c1cc(CN(N2CCOCC2)N2CCOCC2)c2ccccc2s1. The maximum atomic E-state index is 12.2. The summed E-state index contributed by atoms with van der Waals surface area (Å²) in [5, 5.41) is 8.14. The summed E-state index contributed by atoms with van der Waals surface area (Å²) in [6.45, 7) is 7.14. The molecule has 2 aliphatic rings.